The van der Waals surface area contributed by atoms with E-state index in [-0.39, 0.29) is 27.1 Å². The Bertz CT molecular complexity index is 996. The van der Waals surface area contributed by atoms with Crippen LogP contribution in [0.5, 0.6) is 0 Å². The highest BCUT2D eigenvalue weighted by atomic mass is 14.4. The molecule has 0 saturated carbocycles. The van der Waals surface area contributed by atoms with Crippen LogP contribution >= 0.6 is 0 Å². The smallest absolute Gasteiger partial charge is 0.0126 e. The maximum Gasteiger partial charge on any atom is -0.0126 e. The summed E-state index contributed by atoms with van der Waals surface area (Å²) in [7, 11) is 0. The van der Waals surface area contributed by atoms with Crippen LogP contribution in [0.1, 0.15) is 156 Å². The molecule has 0 fully saturated rings. The predicted molar refractivity (Wildman–Crippen MR) is 159 cm³/mol. The molecule has 0 radical (unpaired) electrons. The summed E-state index contributed by atoms with van der Waals surface area (Å²) in [6.07, 6.45) is 1.07. The summed E-state index contributed by atoms with van der Waals surface area (Å²) < 4.78 is 0. The first-order chi connectivity index (χ1) is 15.5. The fourth-order valence-corrected chi connectivity index (χ4v) is 5.91. The van der Waals surface area contributed by atoms with Crippen LogP contribution < -0.4 is 0 Å². The van der Waals surface area contributed by atoms with Crippen molar-refractivity contribution in [3.8, 4) is 0 Å². The Morgan fingerprint density at radius 2 is 0.886 bits per heavy atom. The zero-order chi connectivity index (χ0) is 27.4. The van der Waals surface area contributed by atoms with E-state index in [1.54, 1.807) is 16.7 Å². The largest absolute Gasteiger partial charge is 0.0617 e. The highest BCUT2D eigenvalue weighted by Crippen LogP contribution is 2.45. The van der Waals surface area contributed by atoms with Gasteiger partial charge in [-0.3, -0.25) is 0 Å². The normalized spacial score (nSPS) is 14.9. The van der Waals surface area contributed by atoms with Gasteiger partial charge >= 0.3 is 0 Å². The molecule has 35 heavy (non-hydrogen) atoms. The minimum absolute atomic E-state index is 0.0787. The summed E-state index contributed by atoms with van der Waals surface area (Å²) in [4.78, 5) is 0. The fraction of sp³-hybridized carbons (Fsp3) is 0.657. The Labute approximate surface area is 219 Å². The molecule has 0 nitrogen and oxygen atoms in total. The van der Waals surface area contributed by atoms with Gasteiger partial charge in [0.25, 0.3) is 0 Å². The molecule has 0 bridgehead atoms. The van der Waals surface area contributed by atoms with Gasteiger partial charge in [0.2, 0.25) is 0 Å². The van der Waals surface area contributed by atoms with Gasteiger partial charge in [0, 0.05) is 0 Å². The van der Waals surface area contributed by atoms with Crippen molar-refractivity contribution in [1.29, 1.82) is 0 Å². The van der Waals surface area contributed by atoms with Gasteiger partial charge in [-0.05, 0) is 78.4 Å². The van der Waals surface area contributed by atoms with Gasteiger partial charge in [-0.1, -0.05) is 141 Å². The molecule has 0 aliphatic heterocycles. The zero-order valence-corrected chi connectivity index (χ0v) is 26.2. The lowest BCUT2D eigenvalue weighted by molar-refractivity contribution is 0.491. The van der Waals surface area contributed by atoms with Crippen molar-refractivity contribution in [3.63, 3.8) is 0 Å². The van der Waals surface area contributed by atoms with Gasteiger partial charge in [0.05, 0.1) is 0 Å². The molecule has 2 aromatic rings. The maximum atomic E-state index is 2.46. The molecule has 0 aromatic heterocycles. The zero-order valence-electron chi connectivity index (χ0n) is 26.2. The van der Waals surface area contributed by atoms with Crippen LogP contribution in [0.2, 0.25) is 0 Å². The van der Waals surface area contributed by atoms with E-state index in [1.165, 1.54) is 22.3 Å². The van der Waals surface area contributed by atoms with E-state index < -0.39 is 0 Å². The molecule has 0 aliphatic carbocycles. The van der Waals surface area contributed by atoms with Gasteiger partial charge in [-0.15, -0.1) is 0 Å². The predicted octanol–water partition coefficient (Wildman–Crippen LogP) is 10.5. The second-order valence-corrected chi connectivity index (χ2v) is 16.1. The van der Waals surface area contributed by atoms with E-state index in [9.17, 15) is 0 Å². The molecule has 0 spiro atoms. The van der Waals surface area contributed by atoms with Gasteiger partial charge in [-0.2, -0.15) is 0 Å². The quantitative estimate of drug-likeness (QED) is 0.413. The Kier molecular flexibility index (Phi) is 7.96. The molecule has 0 saturated heterocycles. The Balaban J connectivity index is 2.86. The molecule has 2 rings (SSSR count). The first-order valence-electron chi connectivity index (χ1n) is 13.8. The minimum Gasteiger partial charge on any atom is -0.0617 e. The molecule has 0 amide bonds. The number of rotatable bonds is 3. The molecular formula is C35H56. The third kappa shape index (κ3) is 6.61. The third-order valence-corrected chi connectivity index (χ3v) is 7.34. The van der Waals surface area contributed by atoms with Crippen molar-refractivity contribution < 1.29 is 0 Å². The lowest BCUT2D eigenvalue weighted by atomic mass is 9.66. The van der Waals surface area contributed by atoms with Crippen molar-refractivity contribution >= 4 is 0 Å². The number of benzene rings is 2. The van der Waals surface area contributed by atoms with E-state index in [4.69, 9.17) is 0 Å². The molecule has 0 aliphatic rings. The number of hydrogen-bond acceptors (Lipinski definition) is 0. The first-order valence-corrected chi connectivity index (χ1v) is 13.8. The summed E-state index contributed by atoms with van der Waals surface area (Å²) in [5, 5.41) is 0. The van der Waals surface area contributed by atoms with Crippen LogP contribution in [0.4, 0.5) is 0 Å². The van der Waals surface area contributed by atoms with E-state index in [0.29, 0.717) is 5.92 Å². The van der Waals surface area contributed by atoms with Crippen LogP contribution in [-0.2, 0) is 33.5 Å². The van der Waals surface area contributed by atoms with E-state index in [2.05, 4.69) is 141 Å². The van der Waals surface area contributed by atoms with Crippen LogP contribution in [0.15, 0.2) is 30.3 Å². The van der Waals surface area contributed by atoms with Crippen molar-refractivity contribution in [2.75, 3.05) is 0 Å². The Hall–Kier alpha value is -1.56. The SMILES string of the molecule is CC(Cc1ccc(C(C)(C)C)c(C(C)(C)C)c1C(C)(C)C)c1c(C(C)(C)C)cccc1C(C)(C)C. The van der Waals surface area contributed by atoms with Gasteiger partial charge in [0.1, 0.15) is 0 Å². The van der Waals surface area contributed by atoms with Crippen molar-refractivity contribution in [3.05, 3.63) is 69.3 Å². The Morgan fingerprint density at radius 1 is 0.486 bits per heavy atom. The second-order valence-electron chi connectivity index (χ2n) is 16.1. The lowest BCUT2D eigenvalue weighted by Gasteiger charge is -2.39. The highest BCUT2D eigenvalue weighted by molar-refractivity contribution is 5.52. The minimum atomic E-state index is 0.0787. The van der Waals surface area contributed by atoms with Crippen LogP contribution in [0.25, 0.3) is 0 Å². The molecule has 2 aromatic carbocycles. The van der Waals surface area contributed by atoms with E-state index in [0.717, 1.165) is 6.42 Å². The summed E-state index contributed by atoms with van der Waals surface area (Å²) in [6.45, 7) is 38.1. The van der Waals surface area contributed by atoms with Crippen LogP contribution in [-0.4, -0.2) is 0 Å². The van der Waals surface area contributed by atoms with Gasteiger partial charge in [0.15, 0.2) is 0 Å². The summed E-state index contributed by atoms with van der Waals surface area (Å²) in [5.74, 6) is 0.439. The van der Waals surface area contributed by atoms with Crippen LogP contribution in [0.3, 0.4) is 0 Å². The molecular weight excluding hydrogens is 420 g/mol. The standard InChI is InChI=1S/C35H56/c1-23(28-25(31(2,3)4)18-17-19-26(28)32(5,6)7)22-24-20-21-27(33(8,9)10)30(35(14,15)16)29(24)34(11,12)13/h17-21,23H,22H2,1-16H3. The summed E-state index contributed by atoms with van der Waals surface area (Å²) in [5.41, 5.74) is 11.2. The molecule has 196 valence electrons. The monoisotopic (exact) mass is 476 g/mol. The molecule has 0 heteroatoms. The second kappa shape index (κ2) is 9.39. The van der Waals surface area contributed by atoms with Crippen molar-refractivity contribution in [2.24, 2.45) is 0 Å². The topological polar surface area (TPSA) is 0 Å². The van der Waals surface area contributed by atoms with Crippen LogP contribution in [0, 0.1) is 0 Å². The maximum absolute atomic E-state index is 2.46. The molecule has 0 N–H and O–H groups in total. The molecule has 1 unspecified atom stereocenters. The Morgan fingerprint density at radius 3 is 1.23 bits per heavy atom. The van der Waals surface area contributed by atoms with Gasteiger partial charge in [-0.25, -0.2) is 0 Å². The fourth-order valence-electron chi connectivity index (χ4n) is 5.91. The van der Waals surface area contributed by atoms with Crippen molar-refractivity contribution in [2.45, 2.75) is 150 Å². The third-order valence-electron chi connectivity index (χ3n) is 7.34. The van der Waals surface area contributed by atoms with Gasteiger partial charge < -0.3 is 0 Å². The summed E-state index contributed by atoms with van der Waals surface area (Å²) in [6, 6.07) is 11.9. The highest BCUT2D eigenvalue weighted by Gasteiger charge is 2.34. The van der Waals surface area contributed by atoms with E-state index in [1.807, 2.05) is 0 Å². The summed E-state index contributed by atoms with van der Waals surface area (Å²) >= 11 is 0. The molecule has 1 atom stereocenters. The number of hydrogen-bond donors (Lipinski definition) is 0. The first kappa shape index (κ1) is 29.7. The average molecular weight is 477 g/mol. The average Bonchev–Trinajstić information content (AvgIpc) is 2.63. The lowest BCUT2D eigenvalue weighted by Crippen LogP contribution is -2.30. The van der Waals surface area contributed by atoms with Crippen molar-refractivity contribution in [1.82, 2.24) is 0 Å². The van der Waals surface area contributed by atoms with E-state index >= 15 is 0 Å². The molecule has 0 heterocycles.